The number of aromatic nitrogens is 1. The Balaban J connectivity index is 1.49. The van der Waals surface area contributed by atoms with E-state index in [4.69, 9.17) is 17.3 Å². The summed E-state index contributed by atoms with van der Waals surface area (Å²) >= 11 is 6.57. The molecule has 0 spiro atoms. The summed E-state index contributed by atoms with van der Waals surface area (Å²) in [5.74, 6) is 1.47. The molecule has 3 aromatic rings. The highest BCUT2D eigenvalue weighted by Gasteiger charge is 2.38. The zero-order valence-corrected chi connectivity index (χ0v) is 16.9. The molecule has 4 N–H and O–H groups in total. The topological polar surface area (TPSA) is 53.8 Å². The molecule has 3 atom stereocenters. The lowest BCUT2D eigenvalue weighted by Crippen LogP contribution is -2.41. The van der Waals surface area contributed by atoms with Crippen molar-refractivity contribution in [3.05, 3.63) is 70.4 Å². The van der Waals surface area contributed by atoms with E-state index in [9.17, 15) is 0 Å². The van der Waals surface area contributed by atoms with Crippen molar-refractivity contribution in [2.75, 3.05) is 13.1 Å². The molecular weight excluding hydrogens is 366 g/mol. The number of nitrogens with two attached hydrogens (primary N) is 1. The van der Waals surface area contributed by atoms with E-state index in [2.05, 4.69) is 46.7 Å². The van der Waals surface area contributed by atoms with Crippen molar-refractivity contribution < 1.29 is 0 Å². The van der Waals surface area contributed by atoms with Gasteiger partial charge in [0.25, 0.3) is 0 Å². The number of aromatic amines is 1. The van der Waals surface area contributed by atoms with Crippen LogP contribution >= 0.6 is 11.6 Å². The van der Waals surface area contributed by atoms with Gasteiger partial charge in [-0.05, 0) is 68.0 Å². The number of H-pyrrole nitrogens is 1. The quantitative estimate of drug-likeness (QED) is 0.518. The number of hydrogen-bond acceptors (Lipinski definition) is 2. The molecule has 0 amide bonds. The van der Waals surface area contributed by atoms with Crippen LogP contribution in [-0.4, -0.2) is 24.1 Å². The third kappa shape index (κ3) is 3.36. The van der Waals surface area contributed by atoms with Gasteiger partial charge in [0.2, 0.25) is 0 Å². The molecule has 2 aliphatic carbocycles. The van der Waals surface area contributed by atoms with Crippen LogP contribution in [-0.2, 0) is 6.42 Å². The number of rotatable bonds is 6. The molecule has 1 saturated carbocycles. The Bertz CT molecular complexity index is 975. The number of fused-ring (bicyclic) bond motifs is 3. The summed E-state index contributed by atoms with van der Waals surface area (Å²) in [6.45, 7) is 2.17. The lowest BCUT2D eigenvalue weighted by Gasteiger charge is -2.37. The van der Waals surface area contributed by atoms with E-state index in [1.807, 2.05) is 12.1 Å². The van der Waals surface area contributed by atoms with Crippen LogP contribution in [0.15, 0.2) is 48.5 Å². The summed E-state index contributed by atoms with van der Waals surface area (Å²) in [6, 6.07) is 16.9. The third-order valence-corrected chi connectivity index (χ3v) is 6.96. The van der Waals surface area contributed by atoms with E-state index >= 15 is 0 Å². The molecule has 0 bridgehead atoms. The summed E-state index contributed by atoms with van der Waals surface area (Å²) in [7, 11) is 0. The van der Waals surface area contributed by atoms with E-state index in [1.165, 1.54) is 40.6 Å². The first-order valence-corrected chi connectivity index (χ1v) is 10.9. The van der Waals surface area contributed by atoms with E-state index in [0.29, 0.717) is 5.92 Å². The summed E-state index contributed by atoms with van der Waals surface area (Å²) in [5.41, 5.74) is 12.1. The molecule has 0 saturated heterocycles. The molecule has 0 radical (unpaired) electrons. The SMILES string of the molecule is N[C@@H]1[C@@H](c2ccccc2Cl)Cc2[nH]c3ccccc3c2[C@H]1CCNCC1CC1. The van der Waals surface area contributed by atoms with Crippen LogP contribution in [0.5, 0.6) is 0 Å². The van der Waals surface area contributed by atoms with Gasteiger partial charge in [0.05, 0.1) is 0 Å². The Morgan fingerprint density at radius 3 is 2.68 bits per heavy atom. The largest absolute Gasteiger partial charge is 0.358 e. The smallest absolute Gasteiger partial charge is 0.0459 e. The summed E-state index contributed by atoms with van der Waals surface area (Å²) in [4.78, 5) is 3.69. The molecule has 146 valence electrons. The first-order valence-electron chi connectivity index (χ1n) is 10.5. The molecular formula is C24H28ClN3. The van der Waals surface area contributed by atoms with Crippen LogP contribution in [0.1, 0.15) is 47.9 Å². The van der Waals surface area contributed by atoms with E-state index in [1.54, 1.807) is 0 Å². The van der Waals surface area contributed by atoms with Gasteiger partial charge in [0.1, 0.15) is 0 Å². The molecule has 4 heteroatoms. The molecule has 28 heavy (non-hydrogen) atoms. The van der Waals surface area contributed by atoms with Crippen molar-refractivity contribution >= 4 is 22.5 Å². The number of benzene rings is 2. The van der Waals surface area contributed by atoms with Crippen molar-refractivity contribution in [1.29, 1.82) is 0 Å². The minimum atomic E-state index is 0.0642. The molecule has 5 rings (SSSR count). The number of nitrogens with one attached hydrogen (secondary N) is 2. The Morgan fingerprint density at radius 1 is 1.07 bits per heavy atom. The van der Waals surface area contributed by atoms with Crippen molar-refractivity contribution in [2.24, 2.45) is 11.7 Å². The Morgan fingerprint density at radius 2 is 1.86 bits per heavy atom. The van der Waals surface area contributed by atoms with Gasteiger partial charge in [-0.1, -0.05) is 48.0 Å². The van der Waals surface area contributed by atoms with Gasteiger partial charge in [-0.15, -0.1) is 0 Å². The summed E-state index contributed by atoms with van der Waals surface area (Å²) in [6.07, 6.45) is 4.75. The highest BCUT2D eigenvalue weighted by atomic mass is 35.5. The second-order valence-electron chi connectivity index (χ2n) is 8.51. The fourth-order valence-electron chi connectivity index (χ4n) is 4.95. The zero-order valence-electron chi connectivity index (χ0n) is 16.1. The van der Waals surface area contributed by atoms with Crippen molar-refractivity contribution in [1.82, 2.24) is 10.3 Å². The van der Waals surface area contributed by atoms with Gasteiger partial charge in [0, 0.05) is 39.5 Å². The summed E-state index contributed by atoms with van der Waals surface area (Å²) in [5, 5.41) is 5.82. The second-order valence-corrected chi connectivity index (χ2v) is 8.92. The van der Waals surface area contributed by atoms with Gasteiger partial charge in [-0.2, -0.15) is 0 Å². The molecule has 3 nitrogen and oxygen atoms in total. The second kappa shape index (κ2) is 7.55. The number of halogens is 1. The lowest BCUT2D eigenvalue weighted by atomic mass is 9.71. The molecule has 2 aliphatic rings. The number of para-hydroxylation sites is 1. The zero-order chi connectivity index (χ0) is 19.1. The fraction of sp³-hybridized carbons (Fsp3) is 0.417. The molecule has 1 fully saturated rings. The third-order valence-electron chi connectivity index (χ3n) is 6.62. The Hall–Kier alpha value is -1.81. The van der Waals surface area contributed by atoms with E-state index in [0.717, 1.165) is 36.9 Å². The number of hydrogen-bond donors (Lipinski definition) is 3. The molecule has 1 aromatic heterocycles. The van der Waals surface area contributed by atoms with Crippen LogP contribution in [0.25, 0.3) is 10.9 Å². The predicted molar refractivity (Wildman–Crippen MR) is 117 cm³/mol. The van der Waals surface area contributed by atoms with Crippen molar-refractivity contribution in [3.63, 3.8) is 0 Å². The van der Waals surface area contributed by atoms with Crippen molar-refractivity contribution in [3.8, 4) is 0 Å². The van der Waals surface area contributed by atoms with Crippen LogP contribution in [0.3, 0.4) is 0 Å². The van der Waals surface area contributed by atoms with E-state index < -0.39 is 0 Å². The molecule has 0 unspecified atom stereocenters. The maximum absolute atomic E-state index is 6.94. The maximum atomic E-state index is 6.94. The first kappa shape index (κ1) is 18.2. The molecule has 2 aromatic carbocycles. The normalized spacial score (nSPS) is 24.4. The van der Waals surface area contributed by atoms with Crippen LogP contribution in [0.4, 0.5) is 0 Å². The highest BCUT2D eigenvalue weighted by Crippen LogP contribution is 2.45. The van der Waals surface area contributed by atoms with Gasteiger partial charge in [-0.3, -0.25) is 0 Å². The lowest BCUT2D eigenvalue weighted by molar-refractivity contribution is 0.392. The summed E-state index contributed by atoms with van der Waals surface area (Å²) < 4.78 is 0. The molecule has 1 heterocycles. The minimum absolute atomic E-state index is 0.0642. The van der Waals surface area contributed by atoms with Crippen molar-refractivity contribution in [2.45, 2.75) is 43.6 Å². The van der Waals surface area contributed by atoms with Crippen LogP contribution < -0.4 is 11.1 Å². The average molecular weight is 394 g/mol. The fourth-order valence-corrected chi connectivity index (χ4v) is 5.22. The first-order chi connectivity index (χ1) is 13.7. The van der Waals surface area contributed by atoms with Gasteiger partial charge >= 0.3 is 0 Å². The maximum Gasteiger partial charge on any atom is 0.0459 e. The monoisotopic (exact) mass is 393 g/mol. The highest BCUT2D eigenvalue weighted by molar-refractivity contribution is 6.31. The van der Waals surface area contributed by atoms with E-state index in [-0.39, 0.29) is 12.0 Å². The average Bonchev–Trinajstić information content (AvgIpc) is 3.46. The Kier molecular flexibility index (Phi) is 4.92. The van der Waals surface area contributed by atoms with Crippen LogP contribution in [0, 0.1) is 5.92 Å². The Labute approximate surface area is 171 Å². The predicted octanol–water partition coefficient (Wildman–Crippen LogP) is 4.96. The van der Waals surface area contributed by atoms with Gasteiger partial charge in [0.15, 0.2) is 0 Å². The standard InChI is InChI=1S/C24H28ClN3/c25-20-7-3-1-5-16(20)19-13-22-23(17-6-2-4-8-21(17)28-22)18(24(19)26)11-12-27-14-15-9-10-15/h1-8,15,18-19,24,27-28H,9-14,26H2/t18-,19-,24+/m1/s1. The molecule has 0 aliphatic heterocycles. The van der Waals surface area contributed by atoms with Gasteiger partial charge in [-0.25, -0.2) is 0 Å². The van der Waals surface area contributed by atoms with Crippen LogP contribution in [0.2, 0.25) is 5.02 Å². The minimum Gasteiger partial charge on any atom is -0.358 e. The van der Waals surface area contributed by atoms with Gasteiger partial charge < -0.3 is 16.0 Å².